The average Bonchev–Trinajstić information content (AvgIpc) is 3.38. The number of hydrogen-bond donors (Lipinski definition) is 2. The van der Waals surface area contributed by atoms with Gasteiger partial charge in [-0.1, -0.05) is 36.4 Å². The molecule has 2 heterocycles. The third kappa shape index (κ3) is 7.20. The lowest BCUT2D eigenvalue weighted by Crippen LogP contribution is -2.34. The van der Waals surface area contributed by atoms with E-state index in [1.165, 1.54) is 7.11 Å². The highest BCUT2D eigenvalue weighted by molar-refractivity contribution is 5.92. The number of methoxy groups -OCH3 is 1. The number of nitrogens with zero attached hydrogens (tertiary/aromatic N) is 1. The van der Waals surface area contributed by atoms with Crippen LogP contribution in [0.1, 0.15) is 58.6 Å². The smallest absolute Gasteiger partial charge is 0.337 e. The molecule has 0 unspecified atom stereocenters. The summed E-state index contributed by atoms with van der Waals surface area (Å²) in [5.41, 5.74) is 3.09. The molecule has 2 aromatic rings. The average molecular weight is 523 g/mol. The number of rotatable bonds is 11. The molecule has 2 amide bonds. The molecule has 0 spiro atoms. The van der Waals surface area contributed by atoms with Crippen molar-refractivity contribution in [2.75, 3.05) is 26.7 Å². The molecule has 1 fully saturated rings. The van der Waals surface area contributed by atoms with Crippen molar-refractivity contribution in [1.82, 2.24) is 10.2 Å². The monoisotopic (exact) mass is 522 g/mol. The second-order valence-electron chi connectivity index (χ2n) is 9.41. The molecule has 1 saturated heterocycles. The summed E-state index contributed by atoms with van der Waals surface area (Å²) < 4.78 is 16.8. The zero-order valence-corrected chi connectivity index (χ0v) is 21.6. The van der Waals surface area contributed by atoms with Crippen LogP contribution in [0.4, 0.5) is 0 Å². The Morgan fingerprint density at radius 3 is 2.50 bits per heavy atom. The van der Waals surface area contributed by atoms with Crippen molar-refractivity contribution in [1.29, 1.82) is 0 Å². The predicted octanol–water partition coefficient (Wildman–Crippen LogP) is 3.02. The number of carbonyl (C=O) groups is 3. The van der Waals surface area contributed by atoms with Crippen LogP contribution in [0.2, 0.25) is 0 Å². The summed E-state index contributed by atoms with van der Waals surface area (Å²) >= 11 is 0. The first kappa shape index (κ1) is 27.3. The molecule has 2 N–H and O–H groups in total. The summed E-state index contributed by atoms with van der Waals surface area (Å²) in [7, 11) is 1.34. The maximum absolute atomic E-state index is 13.0. The number of ether oxygens (including phenoxy) is 3. The molecule has 0 radical (unpaired) electrons. The van der Waals surface area contributed by atoms with Gasteiger partial charge in [0.1, 0.15) is 0 Å². The Balaban J connectivity index is 1.41. The van der Waals surface area contributed by atoms with Gasteiger partial charge in [0.2, 0.25) is 12.2 Å². The predicted molar refractivity (Wildman–Crippen MR) is 139 cm³/mol. The van der Waals surface area contributed by atoms with Gasteiger partial charge in [-0.05, 0) is 47.7 Å². The number of amides is 2. The SMILES string of the molecule is COC(=O)c1ccc([C@@H]2C=C(C(=O)NCCCN3CCCC3=O)O[C@H](OCc3ccc(CO)cc3)C2)cc1. The van der Waals surface area contributed by atoms with E-state index >= 15 is 0 Å². The second kappa shape index (κ2) is 13.2. The maximum atomic E-state index is 13.0. The Bertz CT molecular complexity index is 1140. The summed E-state index contributed by atoms with van der Waals surface area (Å²) in [4.78, 5) is 38.4. The summed E-state index contributed by atoms with van der Waals surface area (Å²) in [6, 6.07) is 14.5. The summed E-state index contributed by atoms with van der Waals surface area (Å²) in [6.45, 7) is 2.07. The van der Waals surface area contributed by atoms with E-state index in [9.17, 15) is 19.5 Å². The van der Waals surface area contributed by atoms with Gasteiger partial charge in [0.15, 0.2) is 5.76 Å². The number of benzene rings is 2. The minimum Gasteiger partial charge on any atom is -0.465 e. The van der Waals surface area contributed by atoms with Crippen LogP contribution in [-0.4, -0.2) is 60.8 Å². The van der Waals surface area contributed by atoms with Crippen LogP contribution in [0.15, 0.2) is 60.4 Å². The third-order valence-electron chi connectivity index (χ3n) is 6.74. The lowest BCUT2D eigenvalue weighted by molar-refractivity contribution is -0.150. The largest absolute Gasteiger partial charge is 0.465 e. The summed E-state index contributed by atoms with van der Waals surface area (Å²) in [6.07, 6.45) is 3.75. The molecule has 2 aromatic carbocycles. The van der Waals surface area contributed by atoms with E-state index in [-0.39, 0.29) is 36.7 Å². The molecule has 0 bridgehead atoms. The fraction of sp³-hybridized carbons (Fsp3) is 0.414. The Labute approximate surface area is 222 Å². The lowest BCUT2D eigenvalue weighted by atomic mass is 9.92. The number of nitrogens with one attached hydrogen (secondary N) is 1. The molecule has 0 saturated carbocycles. The van der Waals surface area contributed by atoms with Crippen LogP contribution in [0, 0.1) is 0 Å². The molecule has 0 aliphatic carbocycles. The number of aliphatic hydroxyl groups excluding tert-OH is 1. The quantitative estimate of drug-likeness (QED) is 0.344. The molecule has 2 aliphatic heterocycles. The van der Waals surface area contributed by atoms with Crippen molar-refractivity contribution in [2.24, 2.45) is 0 Å². The van der Waals surface area contributed by atoms with Crippen LogP contribution in [0.5, 0.6) is 0 Å². The number of allylic oxidation sites excluding steroid dienone is 1. The molecule has 38 heavy (non-hydrogen) atoms. The van der Waals surface area contributed by atoms with E-state index in [2.05, 4.69) is 5.32 Å². The van der Waals surface area contributed by atoms with E-state index < -0.39 is 12.3 Å². The van der Waals surface area contributed by atoms with E-state index in [0.717, 1.165) is 29.7 Å². The van der Waals surface area contributed by atoms with Crippen molar-refractivity contribution in [3.8, 4) is 0 Å². The fourth-order valence-corrected chi connectivity index (χ4v) is 4.56. The van der Waals surface area contributed by atoms with Crippen LogP contribution < -0.4 is 5.32 Å². The third-order valence-corrected chi connectivity index (χ3v) is 6.74. The van der Waals surface area contributed by atoms with E-state index in [1.54, 1.807) is 18.2 Å². The first-order valence-corrected chi connectivity index (χ1v) is 12.9. The molecule has 0 aromatic heterocycles. The van der Waals surface area contributed by atoms with Crippen LogP contribution in [-0.2, 0) is 37.0 Å². The zero-order valence-electron chi connectivity index (χ0n) is 21.6. The molecule has 9 nitrogen and oxygen atoms in total. The van der Waals surface area contributed by atoms with Gasteiger partial charge in [-0.15, -0.1) is 0 Å². The van der Waals surface area contributed by atoms with Gasteiger partial charge >= 0.3 is 5.97 Å². The van der Waals surface area contributed by atoms with E-state index in [4.69, 9.17) is 14.2 Å². The van der Waals surface area contributed by atoms with Crippen molar-refractivity contribution < 1.29 is 33.7 Å². The first-order chi connectivity index (χ1) is 18.5. The molecule has 4 rings (SSSR count). The second-order valence-corrected chi connectivity index (χ2v) is 9.41. The molecular formula is C29H34N2O7. The zero-order chi connectivity index (χ0) is 26.9. The van der Waals surface area contributed by atoms with E-state index in [1.807, 2.05) is 41.3 Å². The minimum absolute atomic E-state index is 0.0269. The van der Waals surface area contributed by atoms with Crippen molar-refractivity contribution in [2.45, 2.75) is 51.1 Å². The van der Waals surface area contributed by atoms with Gasteiger partial charge in [-0.3, -0.25) is 9.59 Å². The van der Waals surface area contributed by atoms with Crippen molar-refractivity contribution >= 4 is 17.8 Å². The summed E-state index contributed by atoms with van der Waals surface area (Å²) in [5.74, 6) is -0.573. The van der Waals surface area contributed by atoms with Gasteiger partial charge < -0.3 is 29.5 Å². The molecule has 2 atom stereocenters. The number of esters is 1. The van der Waals surface area contributed by atoms with Gasteiger partial charge in [0.05, 0.1) is 25.9 Å². The van der Waals surface area contributed by atoms with Gasteiger partial charge in [0.25, 0.3) is 5.91 Å². The van der Waals surface area contributed by atoms with Crippen molar-refractivity contribution in [3.63, 3.8) is 0 Å². The van der Waals surface area contributed by atoms with Gasteiger partial charge in [0, 0.05) is 38.4 Å². The van der Waals surface area contributed by atoms with Crippen LogP contribution >= 0.6 is 0 Å². The number of carbonyl (C=O) groups excluding carboxylic acids is 3. The molecule has 202 valence electrons. The van der Waals surface area contributed by atoms with Crippen LogP contribution in [0.3, 0.4) is 0 Å². The maximum Gasteiger partial charge on any atom is 0.337 e. The number of hydrogen-bond acceptors (Lipinski definition) is 7. The highest BCUT2D eigenvalue weighted by atomic mass is 16.7. The lowest BCUT2D eigenvalue weighted by Gasteiger charge is -2.29. The van der Waals surface area contributed by atoms with Gasteiger partial charge in [-0.2, -0.15) is 0 Å². The van der Waals surface area contributed by atoms with Crippen LogP contribution in [0.25, 0.3) is 0 Å². The Morgan fingerprint density at radius 2 is 1.84 bits per heavy atom. The Kier molecular flexibility index (Phi) is 9.51. The fourth-order valence-electron chi connectivity index (χ4n) is 4.56. The highest BCUT2D eigenvalue weighted by Crippen LogP contribution is 2.32. The molecule has 2 aliphatic rings. The summed E-state index contributed by atoms with van der Waals surface area (Å²) in [5, 5.41) is 12.1. The Morgan fingerprint density at radius 1 is 1.11 bits per heavy atom. The van der Waals surface area contributed by atoms with Crippen molar-refractivity contribution in [3.05, 3.63) is 82.6 Å². The minimum atomic E-state index is -0.661. The first-order valence-electron chi connectivity index (χ1n) is 12.9. The van der Waals surface area contributed by atoms with Gasteiger partial charge in [-0.25, -0.2) is 4.79 Å². The highest BCUT2D eigenvalue weighted by Gasteiger charge is 2.29. The standard InChI is InChI=1S/C29H34N2O7/c1-36-29(35)23-11-9-22(10-12-23)24-16-25(28(34)30-13-3-15-31-14-2-4-26(31)33)38-27(17-24)37-19-21-7-5-20(18-32)6-8-21/h5-12,16,24,27,32H,2-4,13-15,17-19H2,1H3,(H,30,34)/t24-,27+/m1/s1. The molecular weight excluding hydrogens is 488 g/mol. The normalized spacial score (nSPS) is 19.1. The topological polar surface area (TPSA) is 114 Å². The number of likely N-dealkylation sites (tertiary alicyclic amines) is 1. The Hall–Kier alpha value is -3.69. The molecule has 9 heteroatoms. The number of aliphatic hydroxyl groups is 1. The van der Waals surface area contributed by atoms with E-state index in [0.29, 0.717) is 37.9 Å².